The van der Waals surface area contributed by atoms with Crippen LogP contribution in [0.25, 0.3) is 0 Å². The topological polar surface area (TPSA) is 82.2 Å². The maximum atomic E-state index is 12.7. The Bertz CT molecular complexity index is 779. The Morgan fingerprint density at radius 3 is 2.73 bits per heavy atom. The zero-order chi connectivity index (χ0) is 15.9. The third-order valence-corrected chi connectivity index (χ3v) is 5.55. The number of aromatic nitrogens is 4. The number of hydrogen-bond acceptors (Lipinski definition) is 5. The highest BCUT2D eigenvalue weighted by atomic mass is 32.2. The molecule has 0 N–H and O–H groups in total. The van der Waals surface area contributed by atoms with Crippen LogP contribution < -0.4 is 0 Å². The Morgan fingerprint density at radius 1 is 1.32 bits per heavy atom. The number of nitrogens with zero attached hydrogens (tertiary/aromatic N) is 5. The van der Waals surface area contributed by atoms with Gasteiger partial charge in [-0.05, 0) is 0 Å². The average Bonchev–Trinajstić information content (AvgIpc) is 3.06. The minimum absolute atomic E-state index is 0.0419. The molecule has 0 unspecified atom stereocenters. The molecule has 0 saturated carbocycles. The lowest BCUT2D eigenvalue weighted by Crippen LogP contribution is -2.40. The number of hydrogen-bond donors (Lipinski definition) is 0. The smallest absolute Gasteiger partial charge is 0.262 e. The summed E-state index contributed by atoms with van der Waals surface area (Å²) in [5, 5.41) is 0.0607. The van der Waals surface area contributed by atoms with E-state index in [-0.39, 0.29) is 17.5 Å². The van der Waals surface area contributed by atoms with Crippen LogP contribution in [-0.4, -0.2) is 52.1 Å². The fourth-order valence-corrected chi connectivity index (χ4v) is 4.28. The molecule has 22 heavy (non-hydrogen) atoms. The van der Waals surface area contributed by atoms with Crippen molar-refractivity contribution in [1.29, 1.82) is 0 Å². The summed E-state index contributed by atoms with van der Waals surface area (Å²) in [6.07, 6.45) is 4.70. The predicted molar refractivity (Wildman–Crippen MR) is 78.6 cm³/mol. The molecule has 1 aliphatic rings. The Hall–Kier alpha value is -1.71. The van der Waals surface area contributed by atoms with E-state index in [0.29, 0.717) is 13.2 Å². The van der Waals surface area contributed by atoms with Gasteiger partial charge in [-0.3, -0.25) is 0 Å². The quantitative estimate of drug-likeness (QED) is 0.795. The first-order valence-electron chi connectivity index (χ1n) is 6.90. The van der Waals surface area contributed by atoms with Crippen molar-refractivity contribution in [2.45, 2.75) is 17.5 Å². The van der Waals surface area contributed by atoms with Gasteiger partial charge in [0.1, 0.15) is 0 Å². The number of fused-ring (bicyclic) bond motifs is 1. The fraction of sp³-hybridized carbons (Fsp3) is 0.538. The highest BCUT2D eigenvalue weighted by Crippen LogP contribution is 2.30. The SMILES string of the molecule is COC[C@@H]1CN(S(=O)(=O)c2cn(C)cn2)Cc2ncn(C)c21. The monoisotopic (exact) mass is 325 g/mol. The summed E-state index contributed by atoms with van der Waals surface area (Å²) in [6.45, 7) is 1.06. The fourth-order valence-electron chi connectivity index (χ4n) is 2.87. The molecule has 8 nitrogen and oxygen atoms in total. The van der Waals surface area contributed by atoms with Gasteiger partial charge in [0.2, 0.25) is 0 Å². The van der Waals surface area contributed by atoms with Gasteiger partial charge in [-0.2, -0.15) is 4.31 Å². The number of sulfonamides is 1. The molecule has 0 bridgehead atoms. The summed E-state index contributed by atoms with van der Waals surface area (Å²) in [7, 11) is 1.64. The maximum absolute atomic E-state index is 12.7. The highest BCUT2D eigenvalue weighted by molar-refractivity contribution is 7.89. The molecule has 1 aliphatic heterocycles. The van der Waals surface area contributed by atoms with Crippen LogP contribution in [-0.2, 0) is 35.4 Å². The van der Waals surface area contributed by atoms with Crippen molar-refractivity contribution >= 4 is 10.0 Å². The standard InChI is InChI=1S/C13H19N5O3S/c1-16-6-12(15-8-16)22(19,20)18-4-10(7-21-3)13-11(5-18)14-9-17(13)2/h6,8-10H,4-5,7H2,1-3H3/t10-/m0/s1. The number of methoxy groups -OCH3 is 1. The molecule has 0 amide bonds. The molecule has 0 saturated heterocycles. The van der Waals surface area contributed by atoms with Crippen LogP contribution >= 0.6 is 0 Å². The largest absolute Gasteiger partial charge is 0.384 e. The molecule has 0 fully saturated rings. The second-order valence-electron chi connectivity index (χ2n) is 5.51. The minimum atomic E-state index is -3.63. The maximum Gasteiger partial charge on any atom is 0.262 e. The second kappa shape index (κ2) is 5.49. The van der Waals surface area contributed by atoms with E-state index in [1.165, 1.54) is 16.8 Å². The number of ether oxygens (including phenoxy) is 1. The van der Waals surface area contributed by atoms with Crippen molar-refractivity contribution in [3.05, 3.63) is 30.2 Å². The zero-order valence-electron chi connectivity index (χ0n) is 12.8. The average molecular weight is 325 g/mol. The van der Waals surface area contributed by atoms with Crippen molar-refractivity contribution < 1.29 is 13.2 Å². The summed E-state index contributed by atoms with van der Waals surface area (Å²) >= 11 is 0. The first-order chi connectivity index (χ1) is 10.4. The molecule has 3 rings (SSSR count). The van der Waals surface area contributed by atoms with E-state index in [1.807, 2.05) is 11.6 Å². The van der Waals surface area contributed by atoms with Gasteiger partial charge in [-0.1, -0.05) is 0 Å². The molecule has 120 valence electrons. The van der Waals surface area contributed by atoms with Gasteiger partial charge in [-0.25, -0.2) is 18.4 Å². The van der Waals surface area contributed by atoms with Crippen LogP contribution in [0, 0.1) is 0 Å². The minimum Gasteiger partial charge on any atom is -0.384 e. The van der Waals surface area contributed by atoms with E-state index in [0.717, 1.165) is 11.4 Å². The van der Waals surface area contributed by atoms with Crippen LogP contribution in [0.3, 0.4) is 0 Å². The molecule has 0 radical (unpaired) electrons. The molecule has 2 aromatic heterocycles. The summed E-state index contributed by atoms with van der Waals surface area (Å²) < 4.78 is 35.7. The normalized spacial score (nSPS) is 19.3. The molecule has 0 aliphatic carbocycles. The third-order valence-electron chi connectivity index (χ3n) is 3.85. The van der Waals surface area contributed by atoms with Gasteiger partial charge in [0.15, 0.2) is 5.03 Å². The van der Waals surface area contributed by atoms with Crippen LogP contribution in [0.2, 0.25) is 0 Å². The Labute approximate surface area is 129 Å². The van der Waals surface area contributed by atoms with Gasteiger partial charge >= 0.3 is 0 Å². The van der Waals surface area contributed by atoms with E-state index in [9.17, 15) is 8.42 Å². The lowest BCUT2D eigenvalue weighted by Gasteiger charge is -2.31. The third kappa shape index (κ3) is 2.44. The number of rotatable bonds is 4. The summed E-state index contributed by atoms with van der Waals surface area (Å²) in [5.74, 6) is -0.0419. The van der Waals surface area contributed by atoms with Crippen molar-refractivity contribution in [3.8, 4) is 0 Å². The molecule has 1 atom stereocenters. The second-order valence-corrected chi connectivity index (χ2v) is 7.40. The van der Waals surface area contributed by atoms with E-state index in [4.69, 9.17) is 4.74 Å². The Balaban J connectivity index is 1.97. The van der Waals surface area contributed by atoms with Crippen molar-refractivity contribution in [2.24, 2.45) is 14.1 Å². The molecular weight excluding hydrogens is 306 g/mol. The van der Waals surface area contributed by atoms with Gasteiger partial charge in [0.05, 0.1) is 31.5 Å². The lowest BCUT2D eigenvalue weighted by molar-refractivity contribution is 0.159. The summed E-state index contributed by atoms with van der Waals surface area (Å²) in [5.41, 5.74) is 1.81. The molecule has 9 heteroatoms. The molecule has 3 heterocycles. The van der Waals surface area contributed by atoms with Crippen LogP contribution in [0.4, 0.5) is 0 Å². The molecule has 0 aromatic carbocycles. The van der Waals surface area contributed by atoms with Gasteiger partial charge < -0.3 is 13.9 Å². The highest BCUT2D eigenvalue weighted by Gasteiger charge is 2.36. The Kier molecular flexibility index (Phi) is 3.79. The van der Waals surface area contributed by atoms with Crippen molar-refractivity contribution in [2.75, 3.05) is 20.3 Å². The molecule has 2 aromatic rings. The van der Waals surface area contributed by atoms with Gasteiger partial charge in [0, 0.05) is 45.6 Å². The molecule has 0 spiro atoms. The van der Waals surface area contributed by atoms with Crippen LogP contribution in [0.1, 0.15) is 17.3 Å². The summed E-state index contributed by atoms with van der Waals surface area (Å²) in [6, 6.07) is 0. The summed E-state index contributed by atoms with van der Waals surface area (Å²) in [4.78, 5) is 8.30. The predicted octanol–water partition coefficient (Wildman–Crippen LogP) is 0.0881. The van der Waals surface area contributed by atoms with E-state index in [2.05, 4.69) is 9.97 Å². The van der Waals surface area contributed by atoms with E-state index < -0.39 is 10.0 Å². The van der Waals surface area contributed by atoms with E-state index in [1.54, 1.807) is 25.1 Å². The van der Waals surface area contributed by atoms with Gasteiger partial charge in [-0.15, -0.1) is 0 Å². The number of aryl methyl sites for hydroxylation is 2. The van der Waals surface area contributed by atoms with Gasteiger partial charge in [0.25, 0.3) is 10.0 Å². The van der Waals surface area contributed by atoms with Crippen LogP contribution in [0.5, 0.6) is 0 Å². The number of imidazole rings is 2. The molecular formula is C13H19N5O3S. The van der Waals surface area contributed by atoms with Crippen LogP contribution in [0.15, 0.2) is 23.9 Å². The lowest BCUT2D eigenvalue weighted by atomic mass is 10.0. The van der Waals surface area contributed by atoms with Crippen molar-refractivity contribution in [3.63, 3.8) is 0 Å². The zero-order valence-corrected chi connectivity index (χ0v) is 13.6. The van der Waals surface area contributed by atoms with E-state index >= 15 is 0 Å². The first-order valence-corrected chi connectivity index (χ1v) is 8.34. The Morgan fingerprint density at radius 2 is 2.09 bits per heavy atom. The van der Waals surface area contributed by atoms with Crippen molar-refractivity contribution in [1.82, 2.24) is 23.4 Å². The first kappa shape index (κ1) is 15.2.